The predicted molar refractivity (Wildman–Crippen MR) is 141 cm³/mol. The summed E-state index contributed by atoms with van der Waals surface area (Å²) in [6, 6.07) is 37.8. The average molecular weight is 455 g/mol. The van der Waals surface area contributed by atoms with E-state index in [-0.39, 0.29) is 0 Å². The normalized spacial score (nSPS) is 11.5. The molecule has 0 bridgehead atoms. The molecule has 0 unspecified atom stereocenters. The second-order valence-corrected chi connectivity index (χ2v) is 9.32. The molecule has 0 aliphatic rings. The van der Waals surface area contributed by atoms with Gasteiger partial charge in [-0.2, -0.15) is 0 Å². The second-order valence-electron chi connectivity index (χ2n) is 8.27. The SMILES string of the molecule is c1ccc(-c2nnc(-c3cccc4c(-c5cccc6c5sc5ccccc56)cccc34)o2)cc1. The van der Waals surface area contributed by atoms with E-state index >= 15 is 0 Å². The van der Waals surface area contributed by atoms with E-state index in [4.69, 9.17) is 4.42 Å². The largest absolute Gasteiger partial charge is 0.416 e. The van der Waals surface area contributed by atoms with Gasteiger partial charge in [-0.15, -0.1) is 21.5 Å². The molecule has 3 nitrogen and oxygen atoms in total. The van der Waals surface area contributed by atoms with Crippen molar-refractivity contribution in [3.63, 3.8) is 0 Å². The van der Waals surface area contributed by atoms with Gasteiger partial charge in [0.1, 0.15) is 0 Å². The zero-order chi connectivity index (χ0) is 22.5. The molecule has 4 heteroatoms. The minimum Gasteiger partial charge on any atom is -0.416 e. The van der Waals surface area contributed by atoms with E-state index in [1.54, 1.807) is 0 Å². The fourth-order valence-electron chi connectivity index (χ4n) is 4.72. The van der Waals surface area contributed by atoms with Crippen molar-refractivity contribution in [2.24, 2.45) is 0 Å². The molecule has 0 aliphatic carbocycles. The Morgan fingerprint density at radius 3 is 1.94 bits per heavy atom. The quantitative estimate of drug-likeness (QED) is 0.268. The number of thiophene rings is 1. The Kier molecular flexibility index (Phi) is 4.32. The molecule has 5 aromatic carbocycles. The number of aromatic nitrogens is 2. The number of benzene rings is 5. The monoisotopic (exact) mass is 454 g/mol. The third kappa shape index (κ3) is 2.96. The summed E-state index contributed by atoms with van der Waals surface area (Å²) in [5, 5.41) is 13.6. The first kappa shape index (κ1) is 19.2. The van der Waals surface area contributed by atoms with Crippen LogP contribution in [0.3, 0.4) is 0 Å². The standard InChI is InChI=1S/C30H18N2OS/c1-2-9-19(10-3-1)29-31-32-30(33-29)26-17-7-12-20-21(13-6-14-22(20)26)24-15-8-16-25-23-11-4-5-18-27(23)34-28(24)25/h1-18H. The summed E-state index contributed by atoms with van der Waals surface area (Å²) in [6.07, 6.45) is 0. The van der Waals surface area contributed by atoms with Crippen molar-refractivity contribution < 1.29 is 4.42 Å². The molecule has 34 heavy (non-hydrogen) atoms. The van der Waals surface area contributed by atoms with Gasteiger partial charge in [0, 0.05) is 36.9 Å². The molecule has 2 heterocycles. The molecule has 0 spiro atoms. The van der Waals surface area contributed by atoms with E-state index in [0.29, 0.717) is 11.8 Å². The summed E-state index contributed by atoms with van der Waals surface area (Å²) in [7, 11) is 0. The Bertz CT molecular complexity index is 1810. The first-order chi connectivity index (χ1) is 16.9. The molecular formula is C30H18N2OS. The van der Waals surface area contributed by atoms with Crippen molar-refractivity contribution in [3.8, 4) is 34.0 Å². The van der Waals surface area contributed by atoms with Gasteiger partial charge in [-0.3, -0.25) is 0 Å². The average Bonchev–Trinajstić information content (AvgIpc) is 3.54. The van der Waals surface area contributed by atoms with E-state index in [2.05, 4.69) is 89.1 Å². The van der Waals surface area contributed by atoms with E-state index in [1.165, 1.54) is 36.7 Å². The lowest BCUT2D eigenvalue weighted by Gasteiger charge is -2.10. The van der Waals surface area contributed by atoms with Crippen LogP contribution in [0.2, 0.25) is 0 Å². The van der Waals surface area contributed by atoms with Gasteiger partial charge in [0.2, 0.25) is 11.8 Å². The van der Waals surface area contributed by atoms with Gasteiger partial charge in [-0.1, -0.05) is 84.9 Å². The van der Waals surface area contributed by atoms with Crippen LogP contribution in [0.15, 0.2) is 114 Å². The molecule has 0 amide bonds. The third-order valence-electron chi connectivity index (χ3n) is 6.29. The highest BCUT2D eigenvalue weighted by Gasteiger charge is 2.16. The second kappa shape index (κ2) is 7.65. The number of hydrogen-bond acceptors (Lipinski definition) is 4. The molecule has 160 valence electrons. The fourth-order valence-corrected chi connectivity index (χ4v) is 5.95. The molecule has 7 rings (SSSR count). The molecule has 0 atom stereocenters. The minimum atomic E-state index is 0.527. The van der Waals surface area contributed by atoms with E-state index in [0.717, 1.165) is 16.5 Å². The van der Waals surface area contributed by atoms with Gasteiger partial charge < -0.3 is 4.42 Å². The van der Waals surface area contributed by atoms with Crippen molar-refractivity contribution in [1.82, 2.24) is 10.2 Å². The molecule has 0 saturated carbocycles. The van der Waals surface area contributed by atoms with E-state index in [9.17, 15) is 0 Å². The van der Waals surface area contributed by atoms with Crippen LogP contribution in [0.4, 0.5) is 0 Å². The molecule has 2 aromatic heterocycles. The summed E-state index contributed by atoms with van der Waals surface area (Å²) >= 11 is 1.85. The van der Waals surface area contributed by atoms with Gasteiger partial charge in [0.25, 0.3) is 0 Å². The van der Waals surface area contributed by atoms with Gasteiger partial charge in [0.05, 0.1) is 0 Å². The zero-order valence-corrected chi connectivity index (χ0v) is 18.9. The maximum absolute atomic E-state index is 6.10. The minimum absolute atomic E-state index is 0.527. The maximum Gasteiger partial charge on any atom is 0.248 e. The number of fused-ring (bicyclic) bond motifs is 4. The van der Waals surface area contributed by atoms with Crippen LogP contribution in [-0.4, -0.2) is 10.2 Å². The number of rotatable bonds is 3. The van der Waals surface area contributed by atoms with Crippen LogP contribution in [-0.2, 0) is 0 Å². The molecule has 0 aliphatic heterocycles. The highest BCUT2D eigenvalue weighted by Crippen LogP contribution is 2.42. The topological polar surface area (TPSA) is 38.9 Å². The highest BCUT2D eigenvalue weighted by atomic mass is 32.1. The van der Waals surface area contributed by atoms with Gasteiger partial charge in [0.15, 0.2) is 0 Å². The summed E-state index contributed by atoms with van der Waals surface area (Å²) in [6.45, 7) is 0. The zero-order valence-electron chi connectivity index (χ0n) is 18.1. The predicted octanol–water partition coefficient (Wildman–Crippen LogP) is 8.59. The Balaban J connectivity index is 1.43. The molecule has 0 radical (unpaired) electrons. The smallest absolute Gasteiger partial charge is 0.248 e. The maximum atomic E-state index is 6.10. The number of hydrogen-bond donors (Lipinski definition) is 0. The van der Waals surface area contributed by atoms with Gasteiger partial charge in [-0.05, 0) is 40.6 Å². The van der Waals surface area contributed by atoms with Crippen molar-refractivity contribution in [1.29, 1.82) is 0 Å². The van der Waals surface area contributed by atoms with E-state index < -0.39 is 0 Å². The summed E-state index contributed by atoms with van der Waals surface area (Å²) in [5.41, 5.74) is 4.31. The highest BCUT2D eigenvalue weighted by molar-refractivity contribution is 7.26. The lowest BCUT2D eigenvalue weighted by molar-refractivity contribution is 0.585. The van der Waals surface area contributed by atoms with Crippen LogP contribution >= 0.6 is 11.3 Å². The lowest BCUT2D eigenvalue weighted by Crippen LogP contribution is -1.86. The molecule has 0 saturated heterocycles. The Morgan fingerprint density at radius 2 is 1.09 bits per heavy atom. The van der Waals surface area contributed by atoms with Crippen molar-refractivity contribution in [2.45, 2.75) is 0 Å². The van der Waals surface area contributed by atoms with Crippen molar-refractivity contribution in [3.05, 3.63) is 109 Å². The van der Waals surface area contributed by atoms with Crippen LogP contribution in [0.25, 0.3) is 65.0 Å². The Morgan fingerprint density at radius 1 is 0.471 bits per heavy atom. The molecule has 0 N–H and O–H groups in total. The summed E-state index contributed by atoms with van der Waals surface area (Å²) < 4.78 is 8.72. The summed E-state index contributed by atoms with van der Waals surface area (Å²) in [4.78, 5) is 0. The van der Waals surface area contributed by atoms with Crippen LogP contribution in [0, 0.1) is 0 Å². The van der Waals surface area contributed by atoms with Crippen LogP contribution < -0.4 is 0 Å². The molecular weight excluding hydrogens is 436 g/mol. The fraction of sp³-hybridized carbons (Fsp3) is 0. The van der Waals surface area contributed by atoms with Crippen LogP contribution in [0.5, 0.6) is 0 Å². The van der Waals surface area contributed by atoms with Crippen molar-refractivity contribution in [2.75, 3.05) is 0 Å². The lowest BCUT2D eigenvalue weighted by atomic mass is 9.94. The van der Waals surface area contributed by atoms with Gasteiger partial charge >= 0.3 is 0 Å². The first-order valence-corrected chi connectivity index (χ1v) is 12.0. The van der Waals surface area contributed by atoms with Crippen molar-refractivity contribution >= 4 is 42.3 Å². The first-order valence-electron chi connectivity index (χ1n) is 11.2. The summed E-state index contributed by atoms with van der Waals surface area (Å²) in [5.74, 6) is 1.06. The number of nitrogens with zero attached hydrogens (tertiary/aromatic N) is 2. The van der Waals surface area contributed by atoms with E-state index in [1.807, 2.05) is 41.7 Å². The van der Waals surface area contributed by atoms with Gasteiger partial charge in [-0.25, -0.2) is 0 Å². The Hall–Kier alpha value is -4.28. The third-order valence-corrected chi connectivity index (χ3v) is 7.51. The molecule has 7 aromatic rings. The Labute approximate surface area is 199 Å². The van der Waals surface area contributed by atoms with Crippen LogP contribution in [0.1, 0.15) is 0 Å². The molecule has 0 fully saturated rings.